The number of anilines is 3. The minimum atomic E-state index is -0.567. The Kier molecular flexibility index (Phi) is 10.2. The zero-order chi connectivity index (χ0) is 35.4. The van der Waals surface area contributed by atoms with Gasteiger partial charge in [-0.05, 0) is 92.2 Å². The highest BCUT2D eigenvalue weighted by Crippen LogP contribution is 2.46. The zero-order valence-corrected chi connectivity index (χ0v) is 29.3. The summed E-state index contributed by atoms with van der Waals surface area (Å²) < 4.78 is 32.4. The largest absolute Gasteiger partial charge is 0.490 e. The maximum atomic E-state index is 14.6. The molecule has 0 radical (unpaired) electrons. The number of rotatable bonds is 10. The molecule has 11 heteroatoms. The number of nitrogens with zero attached hydrogens (tertiary/aromatic N) is 2. The molecule has 0 unspecified atom stereocenters. The summed E-state index contributed by atoms with van der Waals surface area (Å²) in [5.74, 6) is 0.144. The predicted molar refractivity (Wildman–Crippen MR) is 197 cm³/mol. The maximum absolute atomic E-state index is 14.6. The average Bonchev–Trinajstić information content (AvgIpc) is 3.57. The van der Waals surface area contributed by atoms with E-state index < -0.39 is 11.4 Å². The van der Waals surface area contributed by atoms with Crippen molar-refractivity contribution in [2.24, 2.45) is 0 Å². The number of halogens is 1. The third-order valence-corrected chi connectivity index (χ3v) is 9.02. The van der Waals surface area contributed by atoms with E-state index in [-0.39, 0.29) is 18.6 Å². The van der Waals surface area contributed by atoms with Crippen molar-refractivity contribution in [3.63, 3.8) is 0 Å². The summed E-state index contributed by atoms with van der Waals surface area (Å²) >= 11 is 1.55. The van der Waals surface area contributed by atoms with E-state index in [0.29, 0.717) is 54.6 Å². The van der Waals surface area contributed by atoms with Crippen molar-refractivity contribution >= 4 is 50.6 Å². The van der Waals surface area contributed by atoms with Crippen molar-refractivity contribution in [1.82, 2.24) is 9.88 Å². The Balaban J connectivity index is 1.45. The second kappa shape index (κ2) is 14.7. The van der Waals surface area contributed by atoms with Gasteiger partial charge in [-0.15, -0.1) is 11.3 Å². The minimum Gasteiger partial charge on any atom is -0.490 e. The fraction of sp³-hybridized carbons (Fsp3) is 0.256. The molecule has 0 fully saturated rings. The molecule has 0 spiro atoms. The van der Waals surface area contributed by atoms with Gasteiger partial charge >= 0.3 is 6.09 Å². The first-order valence-corrected chi connectivity index (χ1v) is 17.1. The van der Waals surface area contributed by atoms with Gasteiger partial charge in [0.05, 0.1) is 12.3 Å². The van der Waals surface area contributed by atoms with Crippen molar-refractivity contribution in [3.05, 3.63) is 102 Å². The summed E-state index contributed by atoms with van der Waals surface area (Å²) in [7, 11) is 1.58. The van der Waals surface area contributed by atoms with Crippen LogP contribution in [0.1, 0.15) is 31.9 Å². The number of fused-ring (bicyclic) bond motifs is 2. The Morgan fingerprint density at radius 2 is 1.86 bits per heavy atom. The lowest BCUT2D eigenvalue weighted by atomic mass is 9.94. The molecule has 5 aromatic rings. The Bertz CT molecular complexity index is 2070. The molecule has 0 atom stereocenters. The minimum absolute atomic E-state index is 0.236. The molecule has 0 saturated heterocycles. The van der Waals surface area contributed by atoms with Gasteiger partial charge in [0.1, 0.15) is 29.6 Å². The number of ether oxygens (including phenoxy) is 3. The summed E-state index contributed by atoms with van der Waals surface area (Å²) in [6, 6.07) is 20.0. The van der Waals surface area contributed by atoms with E-state index >= 15 is 0 Å². The number of hydrogen-bond acceptors (Lipinski definition) is 8. The molecular formula is C39H39FN4O5S. The highest BCUT2D eigenvalue weighted by molar-refractivity contribution is 7.18. The SMILES string of the molecule is C=CC(=O)Nc1cccc(Nc2nc(-c3ccc4c(c3)CCN(C(=O)OC(C)(C)C)C4)c3ccsc3c2-c2ccc(F)cc2OCCOC)c1. The molecule has 50 heavy (non-hydrogen) atoms. The fourth-order valence-corrected chi connectivity index (χ4v) is 6.79. The summed E-state index contributed by atoms with van der Waals surface area (Å²) in [6.45, 7) is 10.7. The molecule has 2 aromatic heterocycles. The van der Waals surface area contributed by atoms with E-state index in [1.807, 2.05) is 50.4 Å². The van der Waals surface area contributed by atoms with E-state index in [0.717, 1.165) is 38.0 Å². The molecule has 0 bridgehead atoms. The van der Waals surface area contributed by atoms with Gasteiger partial charge in [0.15, 0.2) is 0 Å². The molecule has 3 heterocycles. The highest BCUT2D eigenvalue weighted by Gasteiger charge is 2.27. The molecule has 2 N–H and O–H groups in total. The number of hydrogen-bond donors (Lipinski definition) is 2. The van der Waals surface area contributed by atoms with Crippen LogP contribution in [0.25, 0.3) is 32.5 Å². The van der Waals surface area contributed by atoms with E-state index in [1.165, 1.54) is 18.2 Å². The number of carbonyl (C=O) groups is 2. The molecule has 0 aliphatic carbocycles. The quantitative estimate of drug-likeness (QED) is 0.111. The number of amides is 2. The molecule has 0 saturated carbocycles. The fourth-order valence-electron chi connectivity index (χ4n) is 5.83. The Labute approximate surface area is 294 Å². The number of carbonyl (C=O) groups excluding carboxylic acids is 2. The molecule has 258 valence electrons. The van der Waals surface area contributed by atoms with Crippen molar-refractivity contribution in [1.29, 1.82) is 0 Å². The van der Waals surface area contributed by atoms with Crippen LogP contribution in [0.4, 0.5) is 26.4 Å². The first-order valence-electron chi connectivity index (χ1n) is 16.3. The number of pyridine rings is 1. The first-order chi connectivity index (χ1) is 24.0. The van der Waals surface area contributed by atoms with Crippen molar-refractivity contribution in [2.75, 3.05) is 37.5 Å². The summed E-state index contributed by atoms with van der Waals surface area (Å²) in [5.41, 5.74) is 6.01. The van der Waals surface area contributed by atoms with Gasteiger partial charge in [-0.25, -0.2) is 14.2 Å². The molecule has 1 aliphatic rings. The average molecular weight is 695 g/mol. The van der Waals surface area contributed by atoms with Crippen LogP contribution in [0.5, 0.6) is 5.75 Å². The van der Waals surface area contributed by atoms with Crippen LogP contribution in [0.3, 0.4) is 0 Å². The first kappa shape index (κ1) is 34.6. The van der Waals surface area contributed by atoms with Gasteiger partial charge in [-0.3, -0.25) is 4.79 Å². The van der Waals surface area contributed by atoms with E-state index in [1.54, 1.807) is 41.5 Å². The van der Waals surface area contributed by atoms with E-state index in [9.17, 15) is 14.0 Å². The topological polar surface area (TPSA) is 102 Å². The van der Waals surface area contributed by atoms with Crippen molar-refractivity contribution in [2.45, 2.75) is 39.3 Å². The van der Waals surface area contributed by atoms with Crippen LogP contribution in [0.15, 0.2) is 84.8 Å². The monoisotopic (exact) mass is 694 g/mol. The van der Waals surface area contributed by atoms with Crippen LogP contribution in [-0.4, -0.2) is 54.4 Å². The lowest BCUT2D eigenvalue weighted by molar-refractivity contribution is -0.111. The summed E-state index contributed by atoms with van der Waals surface area (Å²) in [5, 5.41) is 9.23. The zero-order valence-electron chi connectivity index (χ0n) is 28.5. The standard InChI is InChI=1S/C39H39FN4O5S/c1-6-33(45)41-28-8-7-9-29(22-28)42-37-34(30-13-12-27(40)21-32(30)48-18-17-47-5)36-31(15-19-50-36)35(43-37)25-10-11-26-23-44(16-14-24(26)20-25)38(46)49-39(2,3)4/h6-13,15,19-22H,1,14,16-18,23H2,2-5H3,(H,41,45)(H,42,43). The van der Waals surface area contributed by atoms with Gasteiger partial charge in [-0.1, -0.05) is 24.8 Å². The second-order valence-corrected chi connectivity index (χ2v) is 13.8. The second-order valence-electron chi connectivity index (χ2n) is 12.9. The maximum Gasteiger partial charge on any atom is 0.410 e. The van der Waals surface area contributed by atoms with Crippen LogP contribution in [-0.2, 0) is 27.2 Å². The number of thiophene rings is 1. The van der Waals surface area contributed by atoms with E-state index in [2.05, 4.69) is 29.3 Å². The normalized spacial score (nSPS) is 12.7. The van der Waals surface area contributed by atoms with E-state index in [4.69, 9.17) is 19.2 Å². The molecule has 1 aliphatic heterocycles. The van der Waals surface area contributed by atoms with Crippen LogP contribution < -0.4 is 15.4 Å². The predicted octanol–water partition coefficient (Wildman–Crippen LogP) is 8.96. The lowest BCUT2D eigenvalue weighted by Gasteiger charge is -2.31. The summed E-state index contributed by atoms with van der Waals surface area (Å²) in [6.07, 6.45) is 1.57. The number of methoxy groups -OCH3 is 1. The smallest absolute Gasteiger partial charge is 0.410 e. The molecule has 3 aromatic carbocycles. The molecule has 6 rings (SSSR count). The van der Waals surface area contributed by atoms with Gasteiger partial charge in [0, 0.05) is 64.4 Å². The highest BCUT2D eigenvalue weighted by atomic mass is 32.1. The van der Waals surface area contributed by atoms with Crippen molar-refractivity contribution < 1.29 is 28.2 Å². The number of aromatic nitrogens is 1. The molecule has 2 amide bonds. The van der Waals surface area contributed by atoms with Gasteiger partial charge in [-0.2, -0.15) is 0 Å². The third kappa shape index (κ3) is 7.79. The van der Waals surface area contributed by atoms with Gasteiger partial charge in [0.2, 0.25) is 5.91 Å². The van der Waals surface area contributed by atoms with Crippen LogP contribution >= 0.6 is 11.3 Å². The lowest BCUT2D eigenvalue weighted by Crippen LogP contribution is -2.39. The van der Waals surface area contributed by atoms with Crippen LogP contribution in [0.2, 0.25) is 0 Å². The molecule has 9 nitrogen and oxygen atoms in total. The number of nitrogens with one attached hydrogen (secondary N) is 2. The van der Waals surface area contributed by atoms with Crippen molar-refractivity contribution in [3.8, 4) is 28.1 Å². The van der Waals surface area contributed by atoms with Gasteiger partial charge in [0.25, 0.3) is 0 Å². The Morgan fingerprint density at radius 1 is 1.04 bits per heavy atom. The molecular weight excluding hydrogens is 656 g/mol. The number of benzene rings is 3. The Hall–Kier alpha value is -5.26. The van der Waals surface area contributed by atoms with Gasteiger partial charge < -0.3 is 29.7 Å². The third-order valence-electron chi connectivity index (χ3n) is 8.09. The van der Waals surface area contributed by atoms with Crippen LogP contribution in [0, 0.1) is 5.82 Å². The Morgan fingerprint density at radius 3 is 2.64 bits per heavy atom. The summed E-state index contributed by atoms with van der Waals surface area (Å²) in [4.78, 5) is 31.8.